The Balaban J connectivity index is 2.18. The standard InChI is InChI=1S/C12H20N4O/c1-9(2)15-7-10-4-5-14-16(10)11(8-15)6-12(17)13-3/h4-5,9,11H,6-8H2,1-3H3,(H,13,17). The molecule has 0 spiro atoms. The second kappa shape index (κ2) is 4.87. The molecule has 5 nitrogen and oxygen atoms in total. The zero-order chi connectivity index (χ0) is 12.4. The van der Waals surface area contributed by atoms with E-state index in [1.165, 1.54) is 5.69 Å². The maximum atomic E-state index is 11.5. The second-order valence-electron chi connectivity index (χ2n) is 4.82. The number of nitrogens with one attached hydrogen (secondary N) is 1. The zero-order valence-electron chi connectivity index (χ0n) is 10.7. The normalized spacial score (nSPS) is 20.4. The van der Waals surface area contributed by atoms with Crippen LogP contribution in [0, 0.1) is 0 Å². The molecule has 1 aromatic rings. The van der Waals surface area contributed by atoms with Crippen molar-refractivity contribution in [1.82, 2.24) is 20.0 Å². The fourth-order valence-corrected chi connectivity index (χ4v) is 2.28. The SMILES string of the molecule is CNC(=O)CC1CN(C(C)C)Cc2ccnn21. The van der Waals surface area contributed by atoms with E-state index >= 15 is 0 Å². The number of amides is 1. The molecule has 1 aliphatic heterocycles. The van der Waals surface area contributed by atoms with E-state index in [1.807, 2.05) is 16.9 Å². The molecule has 1 aromatic heterocycles. The zero-order valence-corrected chi connectivity index (χ0v) is 10.7. The van der Waals surface area contributed by atoms with Crippen LogP contribution in [0.3, 0.4) is 0 Å². The molecule has 1 N–H and O–H groups in total. The summed E-state index contributed by atoms with van der Waals surface area (Å²) < 4.78 is 1.99. The first-order chi connectivity index (χ1) is 8.11. The van der Waals surface area contributed by atoms with E-state index in [4.69, 9.17) is 0 Å². The molecule has 0 saturated carbocycles. The van der Waals surface area contributed by atoms with E-state index in [9.17, 15) is 4.79 Å². The third-order valence-electron chi connectivity index (χ3n) is 3.34. The van der Waals surface area contributed by atoms with Gasteiger partial charge in [0.25, 0.3) is 0 Å². The lowest BCUT2D eigenvalue weighted by Gasteiger charge is -2.36. The Labute approximate surface area is 102 Å². The van der Waals surface area contributed by atoms with Crippen molar-refractivity contribution in [2.45, 2.75) is 38.9 Å². The van der Waals surface area contributed by atoms with Crippen molar-refractivity contribution in [3.05, 3.63) is 18.0 Å². The van der Waals surface area contributed by atoms with Crippen molar-refractivity contribution in [1.29, 1.82) is 0 Å². The summed E-state index contributed by atoms with van der Waals surface area (Å²) >= 11 is 0. The number of aromatic nitrogens is 2. The molecule has 0 radical (unpaired) electrons. The van der Waals surface area contributed by atoms with Crippen molar-refractivity contribution in [3.63, 3.8) is 0 Å². The highest BCUT2D eigenvalue weighted by Gasteiger charge is 2.28. The van der Waals surface area contributed by atoms with Gasteiger partial charge in [0, 0.05) is 32.4 Å². The monoisotopic (exact) mass is 236 g/mol. The largest absolute Gasteiger partial charge is 0.359 e. The summed E-state index contributed by atoms with van der Waals surface area (Å²) in [6.07, 6.45) is 2.31. The molecule has 1 unspecified atom stereocenters. The molecule has 1 atom stereocenters. The van der Waals surface area contributed by atoms with Gasteiger partial charge in [-0.15, -0.1) is 0 Å². The van der Waals surface area contributed by atoms with E-state index in [2.05, 4.69) is 29.2 Å². The summed E-state index contributed by atoms with van der Waals surface area (Å²) in [5.74, 6) is 0.0713. The highest BCUT2D eigenvalue weighted by molar-refractivity contribution is 5.76. The molecular weight excluding hydrogens is 216 g/mol. The lowest BCUT2D eigenvalue weighted by molar-refractivity contribution is -0.121. The van der Waals surface area contributed by atoms with Crippen LogP contribution in [0.15, 0.2) is 12.3 Å². The summed E-state index contributed by atoms with van der Waals surface area (Å²) in [4.78, 5) is 13.9. The Kier molecular flexibility index (Phi) is 3.47. The van der Waals surface area contributed by atoms with Gasteiger partial charge in [-0.25, -0.2) is 0 Å². The lowest BCUT2D eigenvalue weighted by Crippen LogP contribution is -2.42. The van der Waals surface area contributed by atoms with Crippen LogP contribution in [0.4, 0.5) is 0 Å². The Hall–Kier alpha value is -1.36. The second-order valence-corrected chi connectivity index (χ2v) is 4.82. The molecule has 0 saturated heterocycles. The third-order valence-corrected chi connectivity index (χ3v) is 3.34. The molecule has 17 heavy (non-hydrogen) atoms. The van der Waals surface area contributed by atoms with Gasteiger partial charge in [-0.2, -0.15) is 5.10 Å². The molecule has 1 aliphatic rings. The Morgan fingerprint density at radius 2 is 2.41 bits per heavy atom. The van der Waals surface area contributed by atoms with Gasteiger partial charge in [0.1, 0.15) is 0 Å². The average molecular weight is 236 g/mol. The predicted octanol–water partition coefficient (Wildman–Crippen LogP) is 0.784. The first-order valence-electron chi connectivity index (χ1n) is 6.09. The van der Waals surface area contributed by atoms with Crippen molar-refractivity contribution in [3.8, 4) is 0 Å². The van der Waals surface area contributed by atoms with Crippen LogP contribution in [0.1, 0.15) is 32.0 Å². The number of fused-ring (bicyclic) bond motifs is 1. The van der Waals surface area contributed by atoms with Crippen LogP contribution in [-0.4, -0.2) is 40.2 Å². The molecule has 0 bridgehead atoms. The summed E-state index contributed by atoms with van der Waals surface area (Å²) in [5, 5.41) is 7.01. The average Bonchev–Trinajstić information content (AvgIpc) is 2.76. The molecule has 1 amide bonds. The van der Waals surface area contributed by atoms with Crippen LogP contribution in [-0.2, 0) is 11.3 Å². The highest BCUT2D eigenvalue weighted by Crippen LogP contribution is 2.24. The summed E-state index contributed by atoms with van der Waals surface area (Å²) in [6, 6.07) is 2.67. The molecule has 94 valence electrons. The van der Waals surface area contributed by atoms with Crippen molar-refractivity contribution < 1.29 is 4.79 Å². The number of rotatable bonds is 3. The minimum atomic E-state index is 0.0713. The summed E-state index contributed by atoms with van der Waals surface area (Å²) in [5.41, 5.74) is 1.19. The highest BCUT2D eigenvalue weighted by atomic mass is 16.1. The van der Waals surface area contributed by atoms with Crippen LogP contribution >= 0.6 is 0 Å². The molecule has 0 aromatic carbocycles. The van der Waals surface area contributed by atoms with Gasteiger partial charge in [0.2, 0.25) is 5.91 Å². The minimum Gasteiger partial charge on any atom is -0.359 e. The van der Waals surface area contributed by atoms with Gasteiger partial charge in [-0.1, -0.05) is 0 Å². The molecule has 5 heteroatoms. The van der Waals surface area contributed by atoms with Gasteiger partial charge >= 0.3 is 0 Å². The fraction of sp³-hybridized carbons (Fsp3) is 0.667. The number of nitrogens with zero attached hydrogens (tertiary/aromatic N) is 3. The Morgan fingerprint density at radius 3 is 3.06 bits per heavy atom. The summed E-state index contributed by atoms with van der Waals surface area (Å²) in [6.45, 7) is 6.17. The van der Waals surface area contributed by atoms with E-state index in [-0.39, 0.29) is 11.9 Å². The lowest BCUT2D eigenvalue weighted by atomic mass is 10.1. The van der Waals surface area contributed by atoms with Crippen LogP contribution in [0.25, 0.3) is 0 Å². The maximum Gasteiger partial charge on any atom is 0.221 e. The van der Waals surface area contributed by atoms with Gasteiger partial charge in [-0.3, -0.25) is 14.4 Å². The van der Waals surface area contributed by atoms with E-state index in [0.29, 0.717) is 12.5 Å². The first kappa shape index (κ1) is 12.1. The van der Waals surface area contributed by atoms with Gasteiger partial charge in [0.05, 0.1) is 18.2 Å². The van der Waals surface area contributed by atoms with Gasteiger partial charge in [-0.05, 0) is 19.9 Å². The number of carbonyl (C=O) groups excluding carboxylic acids is 1. The molecular formula is C12H20N4O. The molecule has 0 fully saturated rings. The Morgan fingerprint density at radius 1 is 1.65 bits per heavy atom. The van der Waals surface area contributed by atoms with Crippen molar-refractivity contribution in [2.24, 2.45) is 0 Å². The molecule has 0 aliphatic carbocycles. The maximum absolute atomic E-state index is 11.5. The quantitative estimate of drug-likeness (QED) is 0.844. The van der Waals surface area contributed by atoms with Gasteiger partial charge < -0.3 is 5.32 Å². The van der Waals surface area contributed by atoms with E-state index in [0.717, 1.165) is 13.1 Å². The summed E-state index contributed by atoms with van der Waals surface area (Å²) in [7, 11) is 1.68. The minimum absolute atomic E-state index is 0.0713. The number of hydrogen-bond acceptors (Lipinski definition) is 3. The molecule has 2 rings (SSSR count). The molecule has 2 heterocycles. The number of carbonyl (C=O) groups is 1. The van der Waals surface area contributed by atoms with E-state index in [1.54, 1.807) is 7.05 Å². The predicted molar refractivity (Wildman–Crippen MR) is 65.5 cm³/mol. The first-order valence-corrected chi connectivity index (χ1v) is 6.09. The number of hydrogen-bond donors (Lipinski definition) is 1. The smallest absolute Gasteiger partial charge is 0.221 e. The van der Waals surface area contributed by atoms with Gasteiger partial charge in [0.15, 0.2) is 0 Å². The topological polar surface area (TPSA) is 50.2 Å². The van der Waals surface area contributed by atoms with Crippen LogP contribution < -0.4 is 5.32 Å². The van der Waals surface area contributed by atoms with Crippen LogP contribution in [0.2, 0.25) is 0 Å². The van der Waals surface area contributed by atoms with E-state index < -0.39 is 0 Å². The van der Waals surface area contributed by atoms with Crippen molar-refractivity contribution in [2.75, 3.05) is 13.6 Å². The van der Waals surface area contributed by atoms with Crippen LogP contribution in [0.5, 0.6) is 0 Å². The third kappa shape index (κ3) is 2.49. The Bertz CT molecular complexity index is 399. The fourth-order valence-electron chi connectivity index (χ4n) is 2.28. The van der Waals surface area contributed by atoms with Crippen molar-refractivity contribution >= 4 is 5.91 Å².